The van der Waals surface area contributed by atoms with E-state index in [0.29, 0.717) is 0 Å². The Morgan fingerprint density at radius 3 is 1.57 bits per heavy atom. The number of phosphoric acid groups is 1. The van der Waals surface area contributed by atoms with Gasteiger partial charge in [-0.3, -0.25) is 4.57 Å². The van der Waals surface area contributed by atoms with E-state index < -0.39 is 19.6 Å². The smallest absolute Gasteiger partial charge is 0.756 e. The van der Waals surface area contributed by atoms with E-state index in [-0.39, 0.29) is 83.5 Å². The summed E-state index contributed by atoms with van der Waals surface area (Å²) in [6, 6.07) is 0. The molecule has 0 spiro atoms. The van der Waals surface area contributed by atoms with Gasteiger partial charge in [-0.1, -0.05) is 129 Å². The van der Waals surface area contributed by atoms with Crippen LogP contribution in [0.5, 0.6) is 0 Å². The van der Waals surface area contributed by atoms with Crippen molar-refractivity contribution in [1.82, 2.24) is 0 Å². The Bertz CT molecular complexity index is 645. The zero-order chi connectivity index (χ0) is 29.0. The first-order valence-corrected chi connectivity index (χ1v) is 17.4. The summed E-state index contributed by atoms with van der Waals surface area (Å²) in [5, 5.41) is 9.26. The molecule has 1 N–H and O–H groups in total. The van der Waals surface area contributed by atoms with Crippen molar-refractivity contribution in [1.29, 1.82) is 0 Å². The second-order valence-corrected chi connectivity index (χ2v) is 12.3. The van der Waals surface area contributed by atoms with Gasteiger partial charge in [0.2, 0.25) is 0 Å². The first kappa shape index (κ1) is 42.9. The molecule has 0 bridgehead atoms. The van der Waals surface area contributed by atoms with Crippen LogP contribution in [0.1, 0.15) is 156 Å². The number of esters is 1. The number of aliphatic hydroxyl groups is 1. The van der Waals surface area contributed by atoms with Crippen molar-refractivity contribution >= 4 is 13.8 Å². The van der Waals surface area contributed by atoms with Crippen molar-refractivity contribution in [3.05, 3.63) is 11.8 Å². The van der Waals surface area contributed by atoms with Gasteiger partial charge in [-0.15, -0.1) is 0 Å². The molecule has 0 aromatic carbocycles. The van der Waals surface area contributed by atoms with Gasteiger partial charge in [0.15, 0.2) is 5.76 Å². The fourth-order valence-electron chi connectivity index (χ4n) is 4.62. The van der Waals surface area contributed by atoms with Crippen LogP contribution in [0.4, 0.5) is 0 Å². The van der Waals surface area contributed by atoms with Gasteiger partial charge in [-0.2, -0.15) is 0 Å². The molecule has 0 rings (SSSR count). The van der Waals surface area contributed by atoms with E-state index in [1.807, 2.05) is 0 Å². The average Bonchev–Trinajstić information content (AvgIpc) is 2.92. The minimum absolute atomic E-state index is 0. The molecule has 0 aromatic rings. The normalized spacial score (nSPS) is 13.9. The number of hydrogen-bond donors (Lipinski definition) is 1. The van der Waals surface area contributed by atoms with E-state index in [9.17, 15) is 19.4 Å². The molecule has 0 aliphatic carbocycles. The van der Waals surface area contributed by atoms with Crippen molar-refractivity contribution in [2.45, 2.75) is 156 Å². The predicted molar refractivity (Wildman–Crippen MR) is 159 cm³/mol. The largest absolute Gasteiger partial charge is 1.00 e. The maximum Gasteiger partial charge on any atom is 1.00 e. The molecule has 0 saturated heterocycles. The topological polar surface area (TPSA) is 105 Å². The third-order valence-corrected chi connectivity index (χ3v) is 8.12. The molecule has 0 radical (unpaired) electrons. The first-order chi connectivity index (χ1) is 18.9. The van der Waals surface area contributed by atoms with Gasteiger partial charge >= 0.3 is 57.4 Å². The van der Waals surface area contributed by atoms with Crippen LogP contribution in [0.3, 0.4) is 0 Å². The molecule has 232 valence electrons. The van der Waals surface area contributed by atoms with Gasteiger partial charge in [-0.05, 0) is 31.8 Å². The summed E-state index contributed by atoms with van der Waals surface area (Å²) in [6.07, 6.45) is 26.3. The molecule has 0 saturated carbocycles. The van der Waals surface area contributed by atoms with Crippen LogP contribution in [0.15, 0.2) is 11.8 Å². The van der Waals surface area contributed by atoms with Crippen molar-refractivity contribution in [3.63, 3.8) is 0 Å². The van der Waals surface area contributed by atoms with Gasteiger partial charge in [0.05, 0.1) is 19.8 Å². The Labute approximate surface area is 289 Å². The van der Waals surface area contributed by atoms with Gasteiger partial charge in [0.1, 0.15) is 0 Å². The third-order valence-electron chi connectivity index (χ3n) is 7.15. The molecule has 9 heteroatoms. The Balaban J connectivity index is 0. The fourth-order valence-corrected chi connectivity index (χ4v) is 5.44. The molecular formula is C31H60KO7P. The quantitative estimate of drug-likeness (QED) is 0.0262. The second kappa shape index (κ2) is 31.2. The number of rotatable bonds is 29. The molecular weight excluding hydrogens is 554 g/mol. The van der Waals surface area contributed by atoms with Crippen LogP contribution < -0.4 is 56.3 Å². The molecule has 0 aliphatic rings. The fraction of sp³-hybridized carbons (Fsp3) is 0.903. The first-order valence-electron chi connectivity index (χ1n) is 16.0. The Hall–Kier alpha value is 0.756. The van der Waals surface area contributed by atoms with E-state index in [1.54, 1.807) is 0 Å². The summed E-state index contributed by atoms with van der Waals surface area (Å²) in [5.74, 6) is -1.09. The minimum atomic E-state index is -4.41. The van der Waals surface area contributed by atoms with E-state index >= 15 is 0 Å². The van der Waals surface area contributed by atoms with E-state index in [2.05, 4.69) is 13.8 Å². The molecule has 40 heavy (non-hydrogen) atoms. The van der Waals surface area contributed by atoms with Crippen LogP contribution in [0.25, 0.3) is 0 Å². The van der Waals surface area contributed by atoms with Crippen molar-refractivity contribution < 1.29 is 84.5 Å². The Kier molecular flexibility index (Phi) is 33.4. The van der Waals surface area contributed by atoms with Crippen LogP contribution >= 0.6 is 7.82 Å². The zero-order valence-corrected chi connectivity index (χ0v) is 30.5. The Morgan fingerprint density at radius 1 is 0.725 bits per heavy atom. The second-order valence-electron chi connectivity index (χ2n) is 10.8. The van der Waals surface area contributed by atoms with Gasteiger partial charge in [0, 0.05) is 6.42 Å². The summed E-state index contributed by atoms with van der Waals surface area (Å²) in [7, 11) is -4.41. The number of aliphatic hydroxyl groups excluding tert-OH is 1. The molecule has 7 nitrogen and oxygen atoms in total. The van der Waals surface area contributed by atoms with E-state index in [0.717, 1.165) is 25.7 Å². The SMILES string of the molecule is CC=C(O)C(=O)OCCCOP(=O)([O-])OCC(CCCCCCCCCC)CCCCCCCCCCCC.[K+]. The summed E-state index contributed by atoms with van der Waals surface area (Å²) in [6.45, 7) is 5.99. The molecule has 0 fully saturated rings. The molecule has 2 atom stereocenters. The third kappa shape index (κ3) is 28.9. The maximum atomic E-state index is 12.3. The zero-order valence-electron chi connectivity index (χ0n) is 26.5. The summed E-state index contributed by atoms with van der Waals surface area (Å²) in [4.78, 5) is 23.6. The number of phosphoric ester groups is 1. The summed E-state index contributed by atoms with van der Waals surface area (Å²) >= 11 is 0. The predicted octanol–water partition coefficient (Wildman–Crippen LogP) is 6.35. The molecule has 0 aromatic heterocycles. The summed E-state index contributed by atoms with van der Waals surface area (Å²) < 4.78 is 27.3. The monoisotopic (exact) mass is 614 g/mol. The van der Waals surface area contributed by atoms with Gasteiger partial charge < -0.3 is 23.8 Å². The van der Waals surface area contributed by atoms with Crippen molar-refractivity contribution in [3.8, 4) is 0 Å². The molecule has 0 aliphatic heterocycles. The molecule has 2 unspecified atom stereocenters. The number of carbonyl (C=O) groups is 1. The maximum absolute atomic E-state index is 12.3. The minimum Gasteiger partial charge on any atom is -0.756 e. The van der Waals surface area contributed by atoms with Crippen LogP contribution in [-0.4, -0.2) is 30.9 Å². The molecule has 0 heterocycles. The average molecular weight is 615 g/mol. The Morgan fingerprint density at radius 2 is 1.15 bits per heavy atom. The van der Waals surface area contributed by atoms with Crippen molar-refractivity contribution in [2.75, 3.05) is 19.8 Å². The van der Waals surface area contributed by atoms with Crippen molar-refractivity contribution in [2.24, 2.45) is 5.92 Å². The van der Waals surface area contributed by atoms with Crippen LogP contribution in [0.2, 0.25) is 0 Å². The number of carbonyl (C=O) groups excluding carboxylic acids is 1. The van der Waals surface area contributed by atoms with Gasteiger partial charge in [-0.25, -0.2) is 4.79 Å². The number of allylic oxidation sites excluding steroid dienone is 1. The van der Waals surface area contributed by atoms with E-state index in [4.69, 9.17) is 13.8 Å². The van der Waals surface area contributed by atoms with Gasteiger partial charge in [0.25, 0.3) is 7.82 Å². The van der Waals surface area contributed by atoms with Crippen LogP contribution in [0, 0.1) is 5.92 Å². The summed E-state index contributed by atoms with van der Waals surface area (Å²) in [5.41, 5.74) is 0. The number of hydrogen-bond acceptors (Lipinski definition) is 7. The number of ether oxygens (including phenoxy) is 1. The van der Waals surface area contributed by atoms with Crippen LogP contribution in [-0.2, 0) is 23.1 Å². The standard InChI is InChI=1S/C31H61O7P.K/c1-4-7-9-11-13-15-16-18-20-22-25-29(24-21-19-17-14-12-10-8-5-2)28-38-39(34,35)37-27-23-26-36-31(33)30(32)6-3;/h6,29,32H,4-5,7-28H2,1-3H3,(H,34,35);/q;+1/p-1. The van der Waals surface area contributed by atoms with E-state index in [1.165, 1.54) is 116 Å². The number of unbranched alkanes of at least 4 members (excludes halogenated alkanes) is 16. The molecule has 0 amide bonds.